The number of aromatic nitrogens is 1. The minimum Gasteiger partial charge on any atom is -0.465 e. The second-order valence-electron chi connectivity index (χ2n) is 4.18. The van der Waals surface area contributed by atoms with Crippen LogP contribution in [0.1, 0.15) is 24.5 Å². The molecule has 2 rings (SSSR count). The van der Waals surface area contributed by atoms with E-state index in [9.17, 15) is 13.2 Å². The van der Waals surface area contributed by atoms with Gasteiger partial charge in [0.2, 0.25) is 15.6 Å². The highest BCUT2D eigenvalue weighted by Crippen LogP contribution is 2.18. The van der Waals surface area contributed by atoms with Crippen molar-refractivity contribution in [3.63, 3.8) is 0 Å². The van der Waals surface area contributed by atoms with Crippen molar-refractivity contribution in [1.29, 1.82) is 0 Å². The van der Waals surface area contributed by atoms with Gasteiger partial charge in [0, 0.05) is 12.3 Å². The van der Waals surface area contributed by atoms with Gasteiger partial charge in [0.25, 0.3) is 0 Å². The van der Waals surface area contributed by atoms with E-state index in [1.165, 1.54) is 6.07 Å². The first-order chi connectivity index (χ1) is 8.88. The molecule has 1 unspecified atom stereocenters. The van der Waals surface area contributed by atoms with Gasteiger partial charge < -0.3 is 9.40 Å². The number of rotatable bonds is 4. The smallest absolute Gasteiger partial charge is 0.247 e. The van der Waals surface area contributed by atoms with E-state index in [0.29, 0.717) is 11.5 Å². The van der Waals surface area contributed by atoms with Crippen molar-refractivity contribution < 1.29 is 12.8 Å². The zero-order chi connectivity index (χ0) is 14.0. The molecule has 2 aromatic rings. The fourth-order valence-electron chi connectivity index (χ4n) is 1.61. The maximum atomic E-state index is 12.1. The first-order valence-electron chi connectivity index (χ1n) is 5.66. The predicted octanol–water partition coefficient (Wildman–Crippen LogP) is 1.32. The van der Waals surface area contributed by atoms with Crippen LogP contribution < -0.4 is 10.3 Å². The number of pyridine rings is 1. The van der Waals surface area contributed by atoms with E-state index in [4.69, 9.17) is 4.42 Å². The lowest BCUT2D eigenvalue weighted by molar-refractivity contribution is 0.441. The van der Waals surface area contributed by atoms with Crippen LogP contribution in [0.4, 0.5) is 0 Å². The van der Waals surface area contributed by atoms with Gasteiger partial charge in [0.05, 0.1) is 10.9 Å². The molecule has 2 N–H and O–H groups in total. The molecule has 7 heteroatoms. The van der Waals surface area contributed by atoms with Gasteiger partial charge in [0.15, 0.2) is 0 Å². The molecule has 0 saturated carbocycles. The number of aromatic amines is 1. The highest BCUT2D eigenvalue weighted by Gasteiger charge is 2.20. The Bertz CT molecular complexity index is 710. The Morgan fingerprint density at radius 3 is 2.53 bits per heavy atom. The predicted molar refractivity (Wildman–Crippen MR) is 69.2 cm³/mol. The van der Waals surface area contributed by atoms with Crippen LogP contribution in [0.5, 0.6) is 0 Å². The van der Waals surface area contributed by atoms with Gasteiger partial charge in [-0.05, 0) is 32.0 Å². The maximum absolute atomic E-state index is 12.1. The van der Waals surface area contributed by atoms with Gasteiger partial charge in [-0.2, -0.15) is 0 Å². The normalized spacial score (nSPS) is 13.4. The molecule has 0 fully saturated rings. The quantitative estimate of drug-likeness (QED) is 0.884. The standard InChI is InChI=1S/C12H14N2O4S/c1-8-3-5-11(18-8)9(2)14-19(16,17)10-4-6-12(15)13-7-10/h3-7,9,14H,1-2H3,(H,13,15). The third kappa shape index (κ3) is 3.12. The van der Waals surface area contributed by atoms with Gasteiger partial charge >= 0.3 is 0 Å². The number of sulfonamides is 1. The Morgan fingerprint density at radius 1 is 1.26 bits per heavy atom. The molecule has 2 aromatic heterocycles. The summed E-state index contributed by atoms with van der Waals surface area (Å²) >= 11 is 0. The summed E-state index contributed by atoms with van der Waals surface area (Å²) in [5.41, 5.74) is -0.353. The molecule has 0 aliphatic rings. The largest absolute Gasteiger partial charge is 0.465 e. The Balaban J connectivity index is 2.22. The molecule has 6 nitrogen and oxygen atoms in total. The fraction of sp³-hybridized carbons (Fsp3) is 0.250. The molecule has 0 aliphatic heterocycles. The zero-order valence-electron chi connectivity index (χ0n) is 10.5. The lowest BCUT2D eigenvalue weighted by Gasteiger charge is -2.11. The third-order valence-corrected chi connectivity index (χ3v) is 4.12. The average molecular weight is 282 g/mol. The molecule has 0 radical (unpaired) electrons. The maximum Gasteiger partial charge on any atom is 0.247 e. The zero-order valence-corrected chi connectivity index (χ0v) is 11.3. The molecular formula is C12H14N2O4S. The Hall–Kier alpha value is -1.86. The van der Waals surface area contributed by atoms with Crippen molar-refractivity contribution in [2.45, 2.75) is 24.8 Å². The molecule has 0 aromatic carbocycles. The molecule has 19 heavy (non-hydrogen) atoms. The Labute approximate surface area is 110 Å². The summed E-state index contributed by atoms with van der Waals surface area (Å²) in [5.74, 6) is 1.25. The van der Waals surface area contributed by atoms with E-state index in [2.05, 4.69) is 9.71 Å². The van der Waals surface area contributed by atoms with E-state index in [1.807, 2.05) is 0 Å². The minimum atomic E-state index is -3.70. The molecule has 0 saturated heterocycles. The number of furan rings is 1. The van der Waals surface area contributed by atoms with Gasteiger partial charge in [-0.3, -0.25) is 4.79 Å². The van der Waals surface area contributed by atoms with E-state index in [0.717, 1.165) is 12.3 Å². The lowest BCUT2D eigenvalue weighted by atomic mass is 10.3. The Kier molecular flexibility index (Phi) is 3.59. The minimum absolute atomic E-state index is 0.00206. The van der Waals surface area contributed by atoms with Crippen LogP contribution in [0.15, 0.2) is 44.6 Å². The van der Waals surface area contributed by atoms with Crippen molar-refractivity contribution in [2.24, 2.45) is 0 Å². The summed E-state index contributed by atoms with van der Waals surface area (Å²) in [7, 11) is -3.70. The average Bonchev–Trinajstić information content (AvgIpc) is 2.76. The second kappa shape index (κ2) is 5.02. The van der Waals surface area contributed by atoms with E-state index in [1.54, 1.807) is 26.0 Å². The molecular weight excluding hydrogens is 268 g/mol. The number of nitrogens with one attached hydrogen (secondary N) is 2. The fourth-order valence-corrected chi connectivity index (χ4v) is 2.79. The summed E-state index contributed by atoms with van der Waals surface area (Å²) in [6.45, 7) is 3.47. The van der Waals surface area contributed by atoms with Crippen molar-refractivity contribution in [1.82, 2.24) is 9.71 Å². The van der Waals surface area contributed by atoms with Crippen molar-refractivity contribution in [3.05, 3.63) is 52.3 Å². The van der Waals surface area contributed by atoms with Crippen molar-refractivity contribution in [2.75, 3.05) is 0 Å². The van der Waals surface area contributed by atoms with Crippen LogP contribution in [0.2, 0.25) is 0 Å². The van der Waals surface area contributed by atoms with Gasteiger partial charge in [0.1, 0.15) is 11.5 Å². The van der Waals surface area contributed by atoms with Gasteiger partial charge in [-0.25, -0.2) is 13.1 Å². The summed E-state index contributed by atoms with van der Waals surface area (Å²) in [6.07, 6.45) is 1.16. The SMILES string of the molecule is Cc1ccc(C(C)NS(=O)(=O)c2ccc(=O)[nH]c2)o1. The van der Waals surface area contributed by atoms with Crippen molar-refractivity contribution in [3.8, 4) is 0 Å². The van der Waals surface area contributed by atoms with Crippen LogP contribution in [0.3, 0.4) is 0 Å². The highest BCUT2D eigenvalue weighted by atomic mass is 32.2. The molecule has 2 heterocycles. The monoisotopic (exact) mass is 282 g/mol. The van der Waals surface area contributed by atoms with Crippen LogP contribution in [-0.4, -0.2) is 13.4 Å². The molecule has 1 atom stereocenters. The molecule has 102 valence electrons. The number of hydrogen-bond acceptors (Lipinski definition) is 4. The van der Waals surface area contributed by atoms with Crippen LogP contribution in [-0.2, 0) is 10.0 Å². The first-order valence-corrected chi connectivity index (χ1v) is 7.14. The summed E-state index contributed by atoms with van der Waals surface area (Å²) in [5, 5.41) is 0. The number of hydrogen-bond donors (Lipinski definition) is 2. The molecule has 0 spiro atoms. The van der Waals surface area contributed by atoms with Crippen molar-refractivity contribution >= 4 is 10.0 Å². The summed E-state index contributed by atoms with van der Waals surface area (Å²) < 4.78 is 32.0. The number of H-pyrrole nitrogens is 1. The first kappa shape index (κ1) is 13.6. The van der Waals surface area contributed by atoms with E-state index in [-0.39, 0.29) is 10.5 Å². The molecule has 0 bridgehead atoms. The van der Waals surface area contributed by atoms with Crippen LogP contribution in [0, 0.1) is 6.92 Å². The van der Waals surface area contributed by atoms with E-state index >= 15 is 0 Å². The third-order valence-electron chi connectivity index (χ3n) is 2.59. The van der Waals surface area contributed by atoms with E-state index < -0.39 is 16.1 Å². The Morgan fingerprint density at radius 2 is 2.00 bits per heavy atom. The van der Waals surface area contributed by atoms with Crippen LogP contribution in [0.25, 0.3) is 0 Å². The summed E-state index contributed by atoms with van der Waals surface area (Å²) in [6, 6.07) is 5.40. The lowest BCUT2D eigenvalue weighted by Crippen LogP contribution is -2.27. The van der Waals surface area contributed by atoms with Crippen LogP contribution >= 0.6 is 0 Å². The van der Waals surface area contributed by atoms with Gasteiger partial charge in [-0.15, -0.1) is 0 Å². The summed E-state index contributed by atoms with van der Waals surface area (Å²) in [4.78, 5) is 13.2. The molecule has 0 amide bonds. The van der Waals surface area contributed by atoms with Gasteiger partial charge in [-0.1, -0.05) is 0 Å². The topological polar surface area (TPSA) is 92.2 Å². The highest BCUT2D eigenvalue weighted by molar-refractivity contribution is 7.89. The second-order valence-corrected chi connectivity index (χ2v) is 5.89. The molecule has 0 aliphatic carbocycles. The number of aryl methyl sites for hydroxylation is 1.